The topological polar surface area (TPSA) is 32.3 Å². The van der Waals surface area contributed by atoms with E-state index in [2.05, 4.69) is 32.7 Å². The number of hydrogen-bond acceptors (Lipinski definition) is 3. The minimum absolute atomic E-state index is 0.590. The number of thiophene rings is 1. The Morgan fingerprint density at radius 1 is 1.64 bits per heavy atom. The Bertz CT molecular complexity index is 285. The van der Waals surface area contributed by atoms with E-state index in [-0.39, 0.29) is 0 Å². The molecule has 1 unspecified atom stereocenters. The normalized spacial score (nSPS) is 15.4. The van der Waals surface area contributed by atoms with Crippen molar-refractivity contribution in [1.82, 2.24) is 5.32 Å². The van der Waals surface area contributed by atoms with Gasteiger partial charge in [0.25, 0.3) is 0 Å². The number of halogens is 1. The maximum absolute atomic E-state index is 9.74. The lowest BCUT2D eigenvalue weighted by molar-refractivity contribution is 0.0556. The molecule has 4 heteroatoms. The summed E-state index contributed by atoms with van der Waals surface area (Å²) in [4.78, 5) is 0. The fraction of sp³-hybridized carbons (Fsp3) is 0.600. The molecule has 0 aliphatic rings. The number of rotatable bonds is 5. The first-order valence-electron chi connectivity index (χ1n) is 4.69. The molecular weight excluding hydrogens is 262 g/mol. The summed E-state index contributed by atoms with van der Waals surface area (Å²) < 4.78 is 1.15. The van der Waals surface area contributed by atoms with Crippen molar-refractivity contribution < 1.29 is 5.11 Å². The van der Waals surface area contributed by atoms with E-state index in [9.17, 15) is 5.11 Å². The van der Waals surface area contributed by atoms with Gasteiger partial charge in [0.05, 0.1) is 9.39 Å². The zero-order valence-electron chi connectivity index (χ0n) is 8.51. The van der Waals surface area contributed by atoms with Crippen molar-refractivity contribution in [2.45, 2.75) is 32.4 Å². The molecule has 2 N–H and O–H groups in total. The maximum atomic E-state index is 9.74. The molecule has 1 atom stereocenters. The molecule has 14 heavy (non-hydrogen) atoms. The lowest BCUT2D eigenvalue weighted by atomic mass is 10.0. The fourth-order valence-corrected chi connectivity index (χ4v) is 2.25. The highest BCUT2D eigenvalue weighted by Gasteiger charge is 2.16. The van der Waals surface area contributed by atoms with Gasteiger partial charge in [0.15, 0.2) is 0 Å². The van der Waals surface area contributed by atoms with E-state index in [4.69, 9.17) is 0 Å². The second-order valence-corrected chi connectivity index (χ2v) is 6.00. The molecule has 1 aromatic rings. The second-order valence-electron chi connectivity index (χ2n) is 3.71. The van der Waals surface area contributed by atoms with Crippen molar-refractivity contribution in [3.63, 3.8) is 0 Å². The van der Waals surface area contributed by atoms with Crippen LogP contribution in [-0.4, -0.2) is 17.3 Å². The first kappa shape index (κ1) is 12.2. The quantitative estimate of drug-likeness (QED) is 0.868. The summed E-state index contributed by atoms with van der Waals surface area (Å²) in [7, 11) is 0. The summed E-state index contributed by atoms with van der Waals surface area (Å²) in [6, 6.07) is 2.10. The molecule has 0 aliphatic heterocycles. The van der Waals surface area contributed by atoms with Crippen molar-refractivity contribution in [2.24, 2.45) is 0 Å². The van der Waals surface area contributed by atoms with Crippen LogP contribution in [0.15, 0.2) is 15.2 Å². The van der Waals surface area contributed by atoms with Crippen LogP contribution in [0, 0.1) is 0 Å². The molecule has 1 rings (SSSR count). The van der Waals surface area contributed by atoms with E-state index < -0.39 is 5.60 Å². The first-order chi connectivity index (χ1) is 6.53. The Hall–Kier alpha value is 0.100. The summed E-state index contributed by atoms with van der Waals surface area (Å²) in [6.07, 6.45) is 0.771. The van der Waals surface area contributed by atoms with E-state index in [0.29, 0.717) is 6.54 Å². The van der Waals surface area contributed by atoms with Gasteiger partial charge in [-0.05, 0) is 46.3 Å². The molecule has 0 saturated heterocycles. The van der Waals surface area contributed by atoms with Gasteiger partial charge in [0.1, 0.15) is 0 Å². The van der Waals surface area contributed by atoms with Gasteiger partial charge in [-0.25, -0.2) is 0 Å². The molecule has 0 spiro atoms. The molecule has 0 amide bonds. The minimum Gasteiger partial charge on any atom is -0.389 e. The molecule has 0 aromatic carbocycles. The van der Waals surface area contributed by atoms with Gasteiger partial charge in [0.2, 0.25) is 0 Å². The average Bonchev–Trinajstić information content (AvgIpc) is 2.51. The van der Waals surface area contributed by atoms with Crippen molar-refractivity contribution in [2.75, 3.05) is 6.54 Å². The highest BCUT2D eigenvalue weighted by Crippen LogP contribution is 2.20. The van der Waals surface area contributed by atoms with E-state index in [1.165, 1.54) is 5.56 Å². The third-order valence-electron chi connectivity index (χ3n) is 2.22. The van der Waals surface area contributed by atoms with Crippen molar-refractivity contribution >= 4 is 27.3 Å². The van der Waals surface area contributed by atoms with Crippen molar-refractivity contribution in [3.05, 3.63) is 20.8 Å². The van der Waals surface area contributed by atoms with Crippen molar-refractivity contribution in [3.8, 4) is 0 Å². The molecule has 2 nitrogen and oxygen atoms in total. The average molecular weight is 278 g/mol. The predicted octanol–water partition coefficient (Wildman–Crippen LogP) is 2.76. The molecule has 0 bridgehead atoms. The smallest absolute Gasteiger partial charge is 0.0741 e. The van der Waals surface area contributed by atoms with Crippen LogP contribution in [0.5, 0.6) is 0 Å². The SMILES string of the molecule is CCC(C)(O)CNCc1csc(Br)c1. The number of nitrogens with one attached hydrogen (secondary N) is 1. The second kappa shape index (κ2) is 5.26. The van der Waals surface area contributed by atoms with Gasteiger partial charge < -0.3 is 10.4 Å². The maximum Gasteiger partial charge on any atom is 0.0741 e. The van der Waals surface area contributed by atoms with Crippen LogP contribution < -0.4 is 5.32 Å². The number of aliphatic hydroxyl groups is 1. The van der Waals surface area contributed by atoms with Gasteiger partial charge in [-0.15, -0.1) is 11.3 Å². The lowest BCUT2D eigenvalue weighted by Crippen LogP contribution is -2.36. The summed E-state index contributed by atoms with van der Waals surface area (Å²) in [5.41, 5.74) is 0.668. The van der Waals surface area contributed by atoms with Gasteiger partial charge in [-0.1, -0.05) is 6.92 Å². The Morgan fingerprint density at radius 3 is 2.86 bits per heavy atom. The Morgan fingerprint density at radius 2 is 2.36 bits per heavy atom. The first-order valence-corrected chi connectivity index (χ1v) is 6.37. The van der Waals surface area contributed by atoms with E-state index in [1.807, 2.05) is 13.8 Å². The molecule has 0 aliphatic carbocycles. The highest BCUT2D eigenvalue weighted by molar-refractivity contribution is 9.11. The summed E-state index contributed by atoms with van der Waals surface area (Å²) in [5, 5.41) is 15.1. The van der Waals surface area contributed by atoms with Crippen LogP contribution in [0.3, 0.4) is 0 Å². The Kier molecular flexibility index (Phi) is 4.57. The Balaban J connectivity index is 2.28. The molecule has 0 fully saturated rings. The Labute approximate surface area is 97.5 Å². The van der Waals surface area contributed by atoms with Crippen LogP contribution in [0.2, 0.25) is 0 Å². The van der Waals surface area contributed by atoms with Gasteiger partial charge in [-0.2, -0.15) is 0 Å². The third-order valence-corrected chi connectivity index (χ3v) is 3.77. The van der Waals surface area contributed by atoms with Crippen LogP contribution >= 0.6 is 27.3 Å². The van der Waals surface area contributed by atoms with Crippen LogP contribution in [0.1, 0.15) is 25.8 Å². The molecule has 0 saturated carbocycles. The van der Waals surface area contributed by atoms with Gasteiger partial charge >= 0.3 is 0 Å². The van der Waals surface area contributed by atoms with Crippen LogP contribution in [0.25, 0.3) is 0 Å². The van der Waals surface area contributed by atoms with Gasteiger partial charge in [0, 0.05) is 13.1 Å². The standard InChI is InChI=1S/C10H16BrNOS/c1-3-10(2,13)7-12-5-8-4-9(11)14-6-8/h4,6,12-13H,3,5,7H2,1-2H3. The van der Waals surface area contributed by atoms with E-state index >= 15 is 0 Å². The molecule has 1 aromatic heterocycles. The summed E-state index contributed by atoms with van der Waals surface area (Å²) >= 11 is 5.10. The molecule has 0 radical (unpaired) electrons. The molecule has 1 heterocycles. The molecular formula is C10H16BrNOS. The minimum atomic E-state index is -0.590. The van der Waals surface area contributed by atoms with Crippen LogP contribution in [0.4, 0.5) is 0 Å². The number of hydrogen-bond donors (Lipinski definition) is 2. The van der Waals surface area contributed by atoms with Crippen molar-refractivity contribution in [1.29, 1.82) is 0 Å². The van der Waals surface area contributed by atoms with Gasteiger partial charge in [-0.3, -0.25) is 0 Å². The van der Waals surface area contributed by atoms with E-state index in [1.54, 1.807) is 11.3 Å². The largest absolute Gasteiger partial charge is 0.389 e. The highest BCUT2D eigenvalue weighted by atomic mass is 79.9. The lowest BCUT2D eigenvalue weighted by Gasteiger charge is -2.21. The zero-order valence-corrected chi connectivity index (χ0v) is 10.9. The van der Waals surface area contributed by atoms with Crippen LogP contribution in [-0.2, 0) is 6.54 Å². The predicted molar refractivity (Wildman–Crippen MR) is 64.6 cm³/mol. The summed E-state index contributed by atoms with van der Waals surface area (Å²) in [6.45, 7) is 5.29. The fourth-order valence-electron chi connectivity index (χ4n) is 1.04. The van der Waals surface area contributed by atoms with E-state index in [0.717, 1.165) is 16.8 Å². The summed E-state index contributed by atoms with van der Waals surface area (Å²) in [5.74, 6) is 0. The monoisotopic (exact) mass is 277 g/mol. The molecule has 80 valence electrons. The zero-order chi connectivity index (χ0) is 10.6. The third kappa shape index (κ3) is 4.09.